The first kappa shape index (κ1) is 26.9. The molecule has 6 heteroatoms. The van der Waals surface area contributed by atoms with Crippen LogP contribution in [0.5, 0.6) is 0 Å². The summed E-state index contributed by atoms with van der Waals surface area (Å²) in [4.78, 5) is 21.1. The summed E-state index contributed by atoms with van der Waals surface area (Å²) in [7, 11) is 0. The Morgan fingerprint density at radius 2 is 1.50 bits per heavy atom. The molecule has 1 saturated heterocycles. The molecule has 2 heterocycles. The Kier molecular flexibility index (Phi) is 7.88. The molecule has 2 fully saturated rings. The van der Waals surface area contributed by atoms with Crippen LogP contribution in [0.2, 0.25) is 5.02 Å². The van der Waals surface area contributed by atoms with Gasteiger partial charge >= 0.3 is 0 Å². The molecule has 0 radical (unpaired) electrons. The summed E-state index contributed by atoms with van der Waals surface area (Å²) in [6.07, 6.45) is 5.37. The predicted molar refractivity (Wildman–Crippen MR) is 159 cm³/mol. The number of hydrogen-bond acceptors (Lipinski definition) is 4. The summed E-state index contributed by atoms with van der Waals surface area (Å²) in [5, 5.41) is 10.8. The maximum atomic E-state index is 13.8. The van der Waals surface area contributed by atoms with E-state index in [0.29, 0.717) is 36.6 Å². The van der Waals surface area contributed by atoms with Crippen molar-refractivity contribution >= 4 is 17.4 Å². The molecule has 0 spiro atoms. The quantitative estimate of drug-likeness (QED) is 0.253. The first-order chi connectivity index (χ1) is 19.5. The van der Waals surface area contributed by atoms with Crippen LogP contribution < -0.4 is 0 Å². The Bertz CT molecular complexity index is 1390. The monoisotopic (exact) mass is 553 g/mol. The maximum Gasteiger partial charge on any atom is 0.184 e. The van der Waals surface area contributed by atoms with Crippen molar-refractivity contribution in [2.24, 2.45) is 5.92 Å². The Balaban J connectivity index is 1.25. The molecule has 1 aromatic heterocycles. The number of carbonyl (C=O) groups excluding carboxylic acids is 1. The van der Waals surface area contributed by atoms with Gasteiger partial charge in [-0.1, -0.05) is 84.4 Å². The third kappa shape index (κ3) is 5.51. The van der Waals surface area contributed by atoms with E-state index in [1.165, 1.54) is 11.1 Å². The van der Waals surface area contributed by atoms with Gasteiger partial charge in [0.05, 0.1) is 18.1 Å². The second kappa shape index (κ2) is 11.7. The number of benzene rings is 3. The van der Waals surface area contributed by atoms with Crippen molar-refractivity contribution in [3.8, 4) is 0 Å². The van der Waals surface area contributed by atoms with E-state index in [0.717, 1.165) is 43.6 Å². The molecule has 0 amide bonds. The Labute approximate surface area is 241 Å². The van der Waals surface area contributed by atoms with Gasteiger partial charge in [0.1, 0.15) is 5.69 Å². The molecule has 6 rings (SSSR count). The molecule has 40 heavy (non-hydrogen) atoms. The van der Waals surface area contributed by atoms with Gasteiger partial charge < -0.3 is 9.67 Å². The summed E-state index contributed by atoms with van der Waals surface area (Å²) < 4.78 is 1.99. The smallest absolute Gasteiger partial charge is 0.184 e. The van der Waals surface area contributed by atoms with E-state index in [1.807, 2.05) is 35.2 Å². The number of rotatable bonds is 8. The van der Waals surface area contributed by atoms with Crippen molar-refractivity contribution in [2.75, 3.05) is 13.1 Å². The van der Waals surface area contributed by atoms with Crippen LogP contribution >= 0.6 is 11.6 Å². The van der Waals surface area contributed by atoms with E-state index in [2.05, 4.69) is 65.6 Å². The van der Waals surface area contributed by atoms with Crippen LogP contribution in [0, 0.1) is 5.92 Å². The van der Waals surface area contributed by atoms with Crippen LogP contribution in [0.4, 0.5) is 0 Å². The largest absolute Gasteiger partial charge is 0.393 e. The first-order valence-corrected chi connectivity index (χ1v) is 14.7. The van der Waals surface area contributed by atoms with Gasteiger partial charge in [0, 0.05) is 29.4 Å². The first-order valence-electron chi connectivity index (χ1n) is 14.4. The van der Waals surface area contributed by atoms with Crippen LogP contribution in [0.3, 0.4) is 0 Å². The number of aliphatic hydroxyl groups is 1. The molecule has 1 aliphatic heterocycles. The number of aliphatic hydroxyl groups excluding tert-OH is 1. The number of piperidine rings is 1. The van der Waals surface area contributed by atoms with Crippen LogP contribution in [-0.2, 0) is 18.5 Å². The molecule has 4 aromatic rings. The van der Waals surface area contributed by atoms with E-state index < -0.39 is 6.10 Å². The SMILES string of the molecule is O=C(c1c(CN2CCC(c3ccccc3)(c3ccccc3)CC2)ncn1Cc1ccc(Cl)cc1)C1CCC(O)C1. The van der Waals surface area contributed by atoms with Crippen LogP contribution in [0.25, 0.3) is 0 Å². The number of likely N-dealkylation sites (tertiary alicyclic amines) is 1. The number of aromatic nitrogens is 2. The minimum atomic E-state index is -0.392. The van der Waals surface area contributed by atoms with E-state index in [4.69, 9.17) is 16.6 Å². The second-order valence-corrected chi connectivity index (χ2v) is 11.8. The fraction of sp³-hybridized carbons (Fsp3) is 0.353. The van der Waals surface area contributed by atoms with Gasteiger partial charge in [0.15, 0.2) is 5.78 Å². The van der Waals surface area contributed by atoms with Gasteiger partial charge in [0.2, 0.25) is 0 Å². The second-order valence-electron chi connectivity index (χ2n) is 11.4. The lowest BCUT2D eigenvalue weighted by Gasteiger charge is -2.43. The predicted octanol–water partition coefficient (Wildman–Crippen LogP) is 6.51. The number of Topliss-reactive ketones (excluding diaryl/α,β-unsaturated/α-hetero) is 1. The molecule has 5 nitrogen and oxygen atoms in total. The van der Waals surface area contributed by atoms with Gasteiger partial charge in [-0.2, -0.15) is 0 Å². The van der Waals surface area contributed by atoms with E-state index >= 15 is 0 Å². The van der Waals surface area contributed by atoms with Gasteiger partial charge in [-0.25, -0.2) is 4.98 Å². The van der Waals surface area contributed by atoms with Gasteiger partial charge in [0.25, 0.3) is 0 Å². The molecular weight excluding hydrogens is 518 g/mol. The molecule has 2 aliphatic rings. The summed E-state index contributed by atoms with van der Waals surface area (Å²) in [5.74, 6) is -0.0440. The highest BCUT2D eigenvalue weighted by atomic mass is 35.5. The van der Waals surface area contributed by atoms with Crippen molar-refractivity contribution in [3.05, 3.63) is 124 Å². The number of hydrogen-bond donors (Lipinski definition) is 1. The zero-order valence-electron chi connectivity index (χ0n) is 22.8. The van der Waals surface area contributed by atoms with E-state index in [1.54, 1.807) is 0 Å². The van der Waals surface area contributed by atoms with Gasteiger partial charge in [-0.3, -0.25) is 9.69 Å². The lowest BCUT2D eigenvalue weighted by atomic mass is 9.68. The molecule has 2 unspecified atom stereocenters. The average molecular weight is 554 g/mol. The highest BCUT2D eigenvalue weighted by molar-refractivity contribution is 6.30. The molecule has 1 saturated carbocycles. The fourth-order valence-electron chi connectivity index (χ4n) is 6.68. The highest BCUT2D eigenvalue weighted by Gasteiger charge is 2.38. The number of imidazole rings is 1. The minimum Gasteiger partial charge on any atom is -0.393 e. The average Bonchev–Trinajstić information content (AvgIpc) is 3.61. The molecule has 1 N–H and O–H groups in total. The Morgan fingerprint density at radius 3 is 2.08 bits per heavy atom. The molecule has 1 aliphatic carbocycles. The summed E-state index contributed by atoms with van der Waals surface area (Å²) >= 11 is 6.10. The van der Waals surface area contributed by atoms with Crippen molar-refractivity contribution in [1.29, 1.82) is 0 Å². The molecule has 2 atom stereocenters. The number of ketones is 1. The third-order valence-corrected chi connectivity index (χ3v) is 9.18. The summed E-state index contributed by atoms with van der Waals surface area (Å²) in [5.41, 5.74) is 5.31. The maximum absolute atomic E-state index is 13.8. The Hall–Kier alpha value is -3.25. The standard InChI is InChI=1S/C34H36ClN3O2/c35-29-14-11-25(12-15-29)22-38-24-36-31(32(38)33(40)26-13-16-30(39)21-26)23-37-19-17-34(18-20-37,27-7-3-1-4-8-27)28-9-5-2-6-10-28/h1-12,14-15,24,26,30,39H,13,16-23H2. The van der Waals surface area contributed by atoms with Crippen LogP contribution in [0.1, 0.15) is 65.0 Å². The fourth-order valence-corrected chi connectivity index (χ4v) is 6.81. The zero-order valence-corrected chi connectivity index (χ0v) is 23.5. The van der Waals surface area contributed by atoms with E-state index in [-0.39, 0.29) is 17.1 Å². The van der Waals surface area contributed by atoms with Crippen LogP contribution in [-0.4, -0.2) is 44.5 Å². The van der Waals surface area contributed by atoms with Crippen molar-refractivity contribution in [1.82, 2.24) is 14.5 Å². The topological polar surface area (TPSA) is 58.4 Å². The molecular formula is C34H36ClN3O2. The lowest BCUT2D eigenvalue weighted by Crippen LogP contribution is -2.43. The third-order valence-electron chi connectivity index (χ3n) is 8.92. The van der Waals surface area contributed by atoms with Gasteiger partial charge in [-0.15, -0.1) is 0 Å². The summed E-state index contributed by atoms with van der Waals surface area (Å²) in [6.45, 7) is 3.04. The van der Waals surface area contributed by atoms with E-state index in [9.17, 15) is 9.90 Å². The van der Waals surface area contributed by atoms with Gasteiger partial charge in [-0.05, 0) is 74.0 Å². The zero-order chi connectivity index (χ0) is 27.5. The summed E-state index contributed by atoms with van der Waals surface area (Å²) in [6, 6.07) is 29.5. The molecule has 0 bridgehead atoms. The van der Waals surface area contributed by atoms with Crippen molar-refractivity contribution in [3.63, 3.8) is 0 Å². The minimum absolute atomic E-state index is 0.0222. The number of halogens is 1. The highest BCUT2D eigenvalue weighted by Crippen LogP contribution is 2.42. The Morgan fingerprint density at radius 1 is 0.875 bits per heavy atom. The van der Waals surface area contributed by atoms with Crippen molar-refractivity contribution in [2.45, 2.75) is 56.7 Å². The lowest BCUT2D eigenvalue weighted by molar-refractivity contribution is 0.0893. The normalized spacial score (nSPS) is 20.9. The molecule has 206 valence electrons. The molecule has 3 aromatic carbocycles. The van der Waals surface area contributed by atoms with Crippen LogP contribution in [0.15, 0.2) is 91.3 Å². The van der Waals surface area contributed by atoms with Crippen molar-refractivity contribution < 1.29 is 9.90 Å². The number of carbonyl (C=O) groups is 1. The number of nitrogens with zero attached hydrogens (tertiary/aromatic N) is 3.